The molecule has 0 saturated heterocycles. The van der Waals surface area contributed by atoms with Gasteiger partial charge in [0, 0.05) is 21.7 Å². The minimum atomic E-state index is 0.500. The number of nitrogens with zero attached hydrogens (tertiary/aromatic N) is 1. The summed E-state index contributed by atoms with van der Waals surface area (Å²) in [7, 11) is 0. The van der Waals surface area contributed by atoms with Gasteiger partial charge in [0.15, 0.2) is 0 Å². The largest absolute Gasteiger partial charge is 0.342 e. The lowest BCUT2D eigenvalue weighted by Crippen LogP contribution is -1.78. The number of rotatable bonds is 1. The van der Waals surface area contributed by atoms with Gasteiger partial charge < -0.3 is 4.98 Å². The van der Waals surface area contributed by atoms with Gasteiger partial charge in [-0.2, -0.15) is 0 Å². The molecule has 2 rings (SSSR count). The molecule has 0 fully saturated rings. The molecule has 13 heavy (non-hydrogen) atoms. The molecule has 2 aromatic rings. The maximum absolute atomic E-state index is 5.77. The van der Waals surface area contributed by atoms with Crippen molar-refractivity contribution in [2.75, 3.05) is 0 Å². The lowest BCUT2D eigenvalue weighted by Gasteiger charge is -1.92. The van der Waals surface area contributed by atoms with E-state index in [0.717, 1.165) is 21.2 Å². The zero-order chi connectivity index (χ0) is 9.42. The van der Waals surface area contributed by atoms with E-state index in [-0.39, 0.29) is 0 Å². The van der Waals surface area contributed by atoms with Gasteiger partial charge in [-0.15, -0.1) is 11.6 Å². The predicted octanol–water partition coefficient (Wildman–Crippen LogP) is 3.37. The van der Waals surface area contributed by atoms with Crippen molar-refractivity contribution in [1.82, 2.24) is 9.97 Å². The molecule has 0 amide bonds. The molecule has 0 aromatic carbocycles. The highest BCUT2D eigenvalue weighted by Gasteiger charge is 2.07. The van der Waals surface area contributed by atoms with Gasteiger partial charge in [0.2, 0.25) is 0 Å². The molecule has 0 saturated carbocycles. The van der Waals surface area contributed by atoms with E-state index in [9.17, 15) is 0 Å². The van der Waals surface area contributed by atoms with Gasteiger partial charge in [0.25, 0.3) is 0 Å². The van der Waals surface area contributed by atoms with Crippen LogP contribution >= 0.6 is 27.5 Å². The van der Waals surface area contributed by atoms with Crippen LogP contribution in [0.1, 0.15) is 11.3 Å². The molecular weight excluding hydrogens is 251 g/mol. The molecule has 0 aliphatic rings. The molecule has 0 spiro atoms. The number of nitrogens with one attached hydrogen (secondary N) is 1. The van der Waals surface area contributed by atoms with E-state index < -0.39 is 0 Å². The van der Waals surface area contributed by atoms with Crippen molar-refractivity contribution in [2.45, 2.75) is 12.8 Å². The van der Waals surface area contributed by atoms with Gasteiger partial charge in [0.05, 0.1) is 5.88 Å². The van der Waals surface area contributed by atoms with Crippen LogP contribution in [0.3, 0.4) is 0 Å². The molecule has 0 aliphatic carbocycles. The third-order valence-electron chi connectivity index (χ3n) is 2.11. The Balaban J connectivity index is 2.77. The quantitative estimate of drug-likeness (QED) is 0.782. The topological polar surface area (TPSA) is 28.7 Å². The fourth-order valence-electron chi connectivity index (χ4n) is 1.36. The number of fused-ring (bicyclic) bond motifs is 1. The second kappa shape index (κ2) is 3.31. The van der Waals surface area contributed by atoms with Gasteiger partial charge in [-0.1, -0.05) is 0 Å². The Bertz CT molecular complexity index is 450. The third kappa shape index (κ3) is 1.46. The van der Waals surface area contributed by atoms with Gasteiger partial charge in [0.1, 0.15) is 5.65 Å². The van der Waals surface area contributed by atoms with E-state index in [1.807, 2.05) is 13.0 Å². The molecule has 0 bridgehead atoms. The van der Waals surface area contributed by atoms with Crippen LogP contribution in [0.5, 0.6) is 0 Å². The standard InChI is InChI=1S/C9H8BrClN2/c1-5-7-2-6(10)4-12-9(7)13-8(5)3-11/h2,4H,3H2,1H3,(H,12,13). The summed E-state index contributed by atoms with van der Waals surface area (Å²) in [5.41, 5.74) is 3.12. The Morgan fingerprint density at radius 1 is 1.62 bits per heavy atom. The summed E-state index contributed by atoms with van der Waals surface area (Å²) < 4.78 is 0.989. The fourth-order valence-corrected chi connectivity index (χ4v) is 1.96. The summed E-state index contributed by atoms with van der Waals surface area (Å²) in [6.45, 7) is 2.05. The predicted molar refractivity (Wildman–Crippen MR) is 58.1 cm³/mol. The number of pyridine rings is 1. The molecule has 2 heterocycles. The summed E-state index contributed by atoms with van der Waals surface area (Å²) in [5.74, 6) is 0.500. The monoisotopic (exact) mass is 258 g/mol. The molecule has 2 nitrogen and oxygen atoms in total. The summed E-state index contributed by atoms with van der Waals surface area (Å²) in [4.78, 5) is 7.43. The first-order valence-corrected chi connectivity index (χ1v) is 5.24. The molecule has 68 valence electrons. The number of hydrogen-bond acceptors (Lipinski definition) is 1. The van der Waals surface area contributed by atoms with Crippen molar-refractivity contribution in [3.63, 3.8) is 0 Å². The van der Waals surface area contributed by atoms with Crippen LogP contribution in [-0.4, -0.2) is 9.97 Å². The lowest BCUT2D eigenvalue weighted by atomic mass is 10.2. The van der Waals surface area contributed by atoms with Crippen molar-refractivity contribution in [2.24, 2.45) is 0 Å². The molecular formula is C9H8BrClN2. The molecule has 0 unspecified atom stereocenters. The van der Waals surface area contributed by atoms with Gasteiger partial charge >= 0.3 is 0 Å². The van der Waals surface area contributed by atoms with E-state index in [1.54, 1.807) is 6.20 Å². The van der Waals surface area contributed by atoms with Crippen LogP contribution in [-0.2, 0) is 5.88 Å². The summed E-state index contributed by atoms with van der Waals surface area (Å²) in [6.07, 6.45) is 1.77. The van der Waals surface area contributed by atoms with Crippen LogP contribution in [0, 0.1) is 6.92 Å². The second-order valence-electron chi connectivity index (χ2n) is 2.91. The van der Waals surface area contributed by atoms with E-state index in [1.165, 1.54) is 5.56 Å². The SMILES string of the molecule is Cc1c(CCl)[nH]c2ncc(Br)cc12. The number of aromatic nitrogens is 2. The maximum atomic E-state index is 5.77. The number of aromatic amines is 1. The van der Waals surface area contributed by atoms with Crippen molar-refractivity contribution in [3.05, 3.63) is 28.0 Å². The van der Waals surface area contributed by atoms with Crippen molar-refractivity contribution < 1.29 is 0 Å². The number of halogens is 2. The first-order valence-electron chi connectivity index (χ1n) is 3.91. The summed E-state index contributed by atoms with van der Waals surface area (Å²) >= 11 is 9.16. The Morgan fingerprint density at radius 3 is 3.08 bits per heavy atom. The van der Waals surface area contributed by atoms with E-state index in [0.29, 0.717) is 5.88 Å². The Hall–Kier alpha value is -0.540. The summed E-state index contributed by atoms with van der Waals surface area (Å²) in [6, 6.07) is 2.05. The van der Waals surface area contributed by atoms with Crippen LogP contribution in [0.15, 0.2) is 16.7 Å². The zero-order valence-electron chi connectivity index (χ0n) is 7.06. The highest BCUT2D eigenvalue weighted by molar-refractivity contribution is 9.10. The highest BCUT2D eigenvalue weighted by Crippen LogP contribution is 2.23. The van der Waals surface area contributed by atoms with Crippen LogP contribution in [0.2, 0.25) is 0 Å². The first-order chi connectivity index (χ1) is 6.22. The molecule has 2 aromatic heterocycles. The normalized spacial score (nSPS) is 11.0. The lowest BCUT2D eigenvalue weighted by molar-refractivity contribution is 1.19. The molecule has 0 radical (unpaired) electrons. The molecule has 0 atom stereocenters. The molecule has 0 aliphatic heterocycles. The summed E-state index contributed by atoms with van der Waals surface area (Å²) in [5, 5.41) is 1.13. The minimum Gasteiger partial charge on any atom is -0.342 e. The molecule has 4 heteroatoms. The van der Waals surface area contributed by atoms with Crippen molar-refractivity contribution in [3.8, 4) is 0 Å². The van der Waals surface area contributed by atoms with Crippen LogP contribution in [0.25, 0.3) is 11.0 Å². The first kappa shape index (κ1) is 9.03. The average Bonchev–Trinajstić information content (AvgIpc) is 2.44. The number of H-pyrrole nitrogens is 1. The third-order valence-corrected chi connectivity index (χ3v) is 2.81. The Morgan fingerprint density at radius 2 is 2.38 bits per heavy atom. The minimum absolute atomic E-state index is 0.500. The van der Waals surface area contributed by atoms with Crippen LogP contribution < -0.4 is 0 Å². The number of aryl methyl sites for hydroxylation is 1. The number of hydrogen-bond donors (Lipinski definition) is 1. The van der Waals surface area contributed by atoms with Gasteiger partial charge in [-0.05, 0) is 34.5 Å². The number of alkyl halides is 1. The Kier molecular flexibility index (Phi) is 2.30. The van der Waals surface area contributed by atoms with Gasteiger partial charge in [-0.3, -0.25) is 0 Å². The van der Waals surface area contributed by atoms with E-state index >= 15 is 0 Å². The van der Waals surface area contributed by atoms with E-state index in [4.69, 9.17) is 11.6 Å². The zero-order valence-corrected chi connectivity index (χ0v) is 9.41. The highest BCUT2D eigenvalue weighted by atomic mass is 79.9. The van der Waals surface area contributed by atoms with Crippen molar-refractivity contribution in [1.29, 1.82) is 0 Å². The van der Waals surface area contributed by atoms with Gasteiger partial charge in [-0.25, -0.2) is 4.98 Å². The van der Waals surface area contributed by atoms with E-state index in [2.05, 4.69) is 25.9 Å². The smallest absolute Gasteiger partial charge is 0.137 e. The average molecular weight is 260 g/mol. The maximum Gasteiger partial charge on any atom is 0.137 e. The molecule has 1 N–H and O–H groups in total. The second-order valence-corrected chi connectivity index (χ2v) is 4.09. The Labute approximate surface area is 89.4 Å². The fraction of sp³-hybridized carbons (Fsp3) is 0.222. The van der Waals surface area contributed by atoms with Crippen LogP contribution in [0.4, 0.5) is 0 Å². The van der Waals surface area contributed by atoms with Crippen molar-refractivity contribution >= 4 is 38.6 Å².